The van der Waals surface area contributed by atoms with Crippen molar-refractivity contribution in [2.45, 2.75) is 31.3 Å². The Labute approximate surface area is 148 Å². The van der Waals surface area contributed by atoms with Gasteiger partial charge in [-0.2, -0.15) is 0 Å². The second kappa shape index (κ2) is 8.48. The van der Waals surface area contributed by atoms with E-state index in [1.807, 2.05) is 43.9 Å². The fourth-order valence-corrected chi connectivity index (χ4v) is 3.24. The lowest BCUT2D eigenvalue weighted by Gasteiger charge is -2.34. The number of nitrogens with one attached hydrogen (secondary N) is 1. The first-order valence-electron chi connectivity index (χ1n) is 8.18. The van der Waals surface area contributed by atoms with Crippen molar-refractivity contribution < 1.29 is 9.59 Å². The molecule has 1 N–H and O–H groups in total. The van der Waals surface area contributed by atoms with E-state index in [-0.39, 0.29) is 17.4 Å². The Morgan fingerprint density at radius 2 is 1.92 bits per heavy atom. The van der Waals surface area contributed by atoms with Gasteiger partial charge in [-0.3, -0.25) is 14.5 Å². The van der Waals surface area contributed by atoms with Crippen LogP contribution in [-0.4, -0.2) is 70.6 Å². The van der Waals surface area contributed by atoms with E-state index < -0.39 is 0 Å². The summed E-state index contributed by atoms with van der Waals surface area (Å²) >= 11 is 1.46. The van der Waals surface area contributed by atoms with Gasteiger partial charge in [0.05, 0.1) is 17.3 Å². The third-order valence-electron chi connectivity index (χ3n) is 3.59. The number of hydrogen-bond acceptors (Lipinski definition) is 5. The molecule has 2 rings (SSSR count). The van der Waals surface area contributed by atoms with Gasteiger partial charge in [-0.15, -0.1) is 0 Å². The fourth-order valence-electron chi connectivity index (χ4n) is 2.48. The summed E-state index contributed by atoms with van der Waals surface area (Å²) in [5.41, 5.74) is -0.211. The van der Waals surface area contributed by atoms with E-state index in [2.05, 4.69) is 15.2 Å². The summed E-state index contributed by atoms with van der Waals surface area (Å²) in [6, 6.07) is 5.69. The van der Waals surface area contributed by atoms with E-state index in [1.54, 1.807) is 6.20 Å². The molecule has 1 aromatic heterocycles. The molecule has 0 bridgehead atoms. The molecule has 0 aliphatic carbocycles. The molecular formula is C17H26N4O2S. The van der Waals surface area contributed by atoms with Gasteiger partial charge in [-0.05, 0) is 32.9 Å². The van der Waals surface area contributed by atoms with E-state index >= 15 is 0 Å². The summed E-state index contributed by atoms with van der Waals surface area (Å²) in [7, 11) is 0. The average molecular weight is 350 g/mol. The van der Waals surface area contributed by atoms with Crippen LogP contribution in [-0.2, 0) is 9.59 Å². The Balaban J connectivity index is 1.70. The number of nitrogens with zero attached hydrogens (tertiary/aromatic N) is 3. The molecule has 1 fully saturated rings. The van der Waals surface area contributed by atoms with Gasteiger partial charge in [0.25, 0.3) is 0 Å². The molecule has 1 saturated heterocycles. The lowest BCUT2D eigenvalue weighted by Crippen LogP contribution is -2.53. The maximum atomic E-state index is 12.3. The van der Waals surface area contributed by atoms with Gasteiger partial charge < -0.3 is 10.2 Å². The summed E-state index contributed by atoms with van der Waals surface area (Å²) < 4.78 is 0. The summed E-state index contributed by atoms with van der Waals surface area (Å²) in [4.78, 5) is 32.4. The van der Waals surface area contributed by atoms with Crippen LogP contribution in [0, 0.1) is 0 Å². The van der Waals surface area contributed by atoms with Crippen LogP contribution in [0.15, 0.2) is 29.4 Å². The molecule has 132 valence electrons. The number of piperazine rings is 1. The summed E-state index contributed by atoms with van der Waals surface area (Å²) in [5, 5.41) is 3.83. The minimum Gasteiger partial charge on any atom is -0.350 e. The number of carbonyl (C=O) groups is 2. The predicted molar refractivity (Wildman–Crippen MR) is 95.9 cm³/mol. The zero-order chi connectivity index (χ0) is 17.6. The molecule has 2 heterocycles. The van der Waals surface area contributed by atoms with Gasteiger partial charge in [0.15, 0.2) is 0 Å². The number of aromatic nitrogens is 1. The zero-order valence-electron chi connectivity index (χ0n) is 14.6. The summed E-state index contributed by atoms with van der Waals surface area (Å²) in [6.45, 7) is 9.12. The number of pyridine rings is 1. The second-order valence-corrected chi connectivity index (χ2v) is 7.91. The van der Waals surface area contributed by atoms with Crippen molar-refractivity contribution in [1.82, 2.24) is 20.1 Å². The highest BCUT2D eigenvalue weighted by Crippen LogP contribution is 2.15. The molecule has 0 unspecified atom stereocenters. The molecule has 0 saturated carbocycles. The number of carbonyl (C=O) groups excluding carboxylic acids is 2. The van der Waals surface area contributed by atoms with Gasteiger partial charge in [-0.1, -0.05) is 17.8 Å². The van der Waals surface area contributed by atoms with Crippen molar-refractivity contribution in [2.75, 3.05) is 38.5 Å². The minimum absolute atomic E-state index is 0.0352. The van der Waals surface area contributed by atoms with Gasteiger partial charge in [0.2, 0.25) is 11.8 Å². The first-order chi connectivity index (χ1) is 11.3. The highest BCUT2D eigenvalue weighted by molar-refractivity contribution is 7.99. The fraction of sp³-hybridized carbons (Fsp3) is 0.588. The lowest BCUT2D eigenvalue weighted by atomic mass is 10.1. The second-order valence-electron chi connectivity index (χ2n) is 6.91. The highest BCUT2D eigenvalue weighted by atomic mass is 32.2. The molecule has 24 heavy (non-hydrogen) atoms. The van der Waals surface area contributed by atoms with Crippen molar-refractivity contribution in [3.63, 3.8) is 0 Å². The van der Waals surface area contributed by atoms with Crippen molar-refractivity contribution in [1.29, 1.82) is 0 Å². The SMILES string of the molecule is CC(C)(C)NC(=O)CN1CCN(C(=O)CSc2ccccn2)CC1. The molecular weight excluding hydrogens is 324 g/mol. The standard InChI is InChI=1S/C17H26N4O2S/c1-17(2,3)19-14(22)12-20-8-10-21(11-9-20)16(23)13-24-15-6-4-5-7-18-15/h4-7H,8-13H2,1-3H3,(H,19,22). The van der Waals surface area contributed by atoms with Crippen molar-refractivity contribution in [3.8, 4) is 0 Å². The van der Waals surface area contributed by atoms with Crippen molar-refractivity contribution in [2.24, 2.45) is 0 Å². The average Bonchev–Trinajstić information content (AvgIpc) is 2.52. The van der Waals surface area contributed by atoms with Gasteiger partial charge in [0, 0.05) is 37.9 Å². The monoisotopic (exact) mass is 350 g/mol. The third-order valence-corrected chi connectivity index (χ3v) is 4.52. The van der Waals surface area contributed by atoms with Crippen LogP contribution in [0.2, 0.25) is 0 Å². The quantitative estimate of drug-likeness (QED) is 0.809. The Hall–Kier alpha value is -1.60. The van der Waals surface area contributed by atoms with Crippen LogP contribution in [0.3, 0.4) is 0 Å². The first-order valence-corrected chi connectivity index (χ1v) is 9.17. The minimum atomic E-state index is -0.211. The molecule has 2 amide bonds. The molecule has 0 spiro atoms. The Bertz CT molecular complexity index is 551. The molecule has 1 aliphatic rings. The third kappa shape index (κ3) is 6.49. The largest absolute Gasteiger partial charge is 0.350 e. The number of rotatable bonds is 5. The van der Waals surface area contributed by atoms with Crippen LogP contribution in [0.4, 0.5) is 0 Å². The van der Waals surface area contributed by atoms with E-state index in [9.17, 15) is 9.59 Å². The van der Waals surface area contributed by atoms with Crippen LogP contribution in [0.25, 0.3) is 0 Å². The molecule has 7 heteroatoms. The number of amides is 2. The smallest absolute Gasteiger partial charge is 0.234 e. The first kappa shape index (κ1) is 18.7. The number of hydrogen-bond donors (Lipinski definition) is 1. The Kier molecular flexibility index (Phi) is 6.62. The molecule has 1 aliphatic heterocycles. The molecule has 6 nitrogen and oxygen atoms in total. The van der Waals surface area contributed by atoms with Crippen LogP contribution in [0.1, 0.15) is 20.8 Å². The van der Waals surface area contributed by atoms with Crippen LogP contribution < -0.4 is 5.32 Å². The lowest BCUT2D eigenvalue weighted by molar-refractivity contribution is -0.130. The summed E-state index contributed by atoms with van der Waals surface area (Å²) in [5.74, 6) is 0.569. The van der Waals surface area contributed by atoms with Gasteiger partial charge in [0.1, 0.15) is 0 Å². The van der Waals surface area contributed by atoms with Crippen LogP contribution in [0.5, 0.6) is 0 Å². The molecule has 0 aromatic carbocycles. The van der Waals surface area contributed by atoms with E-state index in [0.29, 0.717) is 25.4 Å². The van der Waals surface area contributed by atoms with Gasteiger partial charge >= 0.3 is 0 Å². The predicted octanol–water partition coefficient (Wildman–Crippen LogP) is 1.23. The van der Waals surface area contributed by atoms with Crippen LogP contribution >= 0.6 is 11.8 Å². The van der Waals surface area contributed by atoms with E-state index in [4.69, 9.17) is 0 Å². The maximum absolute atomic E-state index is 12.3. The van der Waals surface area contributed by atoms with Crippen molar-refractivity contribution in [3.05, 3.63) is 24.4 Å². The topological polar surface area (TPSA) is 65.5 Å². The highest BCUT2D eigenvalue weighted by Gasteiger charge is 2.23. The molecule has 1 aromatic rings. The maximum Gasteiger partial charge on any atom is 0.234 e. The van der Waals surface area contributed by atoms with Gasteiger partial charge in [-0.25, -0.2) is 4.98 Å². The number of thioether (sulfide) groups is 1. The molecule has 0 atom stereocenters. The Morgan fingerprint density at radius 1 is 1.21 bits per heavy atom. The molecule has 0 radical (unpaired) electrons. The van der Waals surface area contributed by atoms with Crippen molar-refractivity contribution >= 4 is 23.6 Å². The Morgan fingerprint density at radius 3 is 2.50 bits per heavy atom. The van der Waals surface area contributed by atoms with E-state index in [1.165, 1.54) is 11.8 Å². The van der Waals surface area contributed by atoms with E-state index in [0.717, 1.165) is 18.1 Å². The zero-order valence-corrected chi connectivity index (χ0v) is 15.4. The summed E-state index contributed by atoms with van der Waals surface area (Å²) in [6.07, 6.45) is 1.73. The normalized spacial score (nSPS) is 16.0.